The second-order valence-electron chi connectivity index (χ2n) is 4.32. The van der Waals surface area contributed by atoms with Crippen LogP contribution >= 0.6 is 11.6 Å². The number of anilines is 1. The summed E-state index contributed by atoms with van der Waals surface area (Å²) in [6.07, 6.45) is 5.56. The Morgan fingerprint density at radius 3 is 2.95 bits per heavy atom. The summed E-state index contributed by atoms with van der Waals surface area (Å²) in [6, 6.07) is 3.58. The first kappa shape index (κ1) is 14.4. The Balaban J connectivity index is 1.69. The van der Waals surface area contributed by atoms with Gasteiger partial charge >= 0.3 is 0 Å². The fourth-order valence-corrected chi connectivity index (χ4v) is 1.90. The van der Waals surface area contributed by atoms with Crippen LogP contribution in [0.1, 0.15) is 22.5 Å². The van der Waals surface area contributed by atoms with E-state index in [-0.39, 0.29) is 5.91 Å². The zero-order valence-corrected chi connectivity index (χ0v) is 11.9. The molecule has 0 bridgehead atoms. The highest BCUT2D eigenvalue weighted by Gasteiger charge is 2.11. The van der Waals surface area contributed by atoms with E-state index in [1.807, 2.05) is 13.0 Å². The van der Waals surface area contributed by atoms with E-state index in [9.17, 15) is 4.79 Å². The molecule has 0 unspecified atom stereocenters. The van der Waals surface area contributed by atoms with Gasteiger partial charge < -0.3 is 15.1 Å². The maximum Gasteiger partial charge on any atom is 0.287 e. The summed E-state index contributed by atoms with van der Waals surface area (Å²) in [5.74, 6) is 0.185. The SMILES string of the molecule is Cc1ccoc1C(=O)NCCCNc1ccncc1Cl. The number of amides is 1. The molecular weight excluding hydrogens is 278 g/mol. The molecule has 6 heteroatoms. The molecule has 106 valence electrons. The van der Waals surface area contributed by atoms with E-state index in [1.54, 1.807) is 18.5 Å². The zero-order chi connectivity index (χ0) is 14.4. The van der Waals surface area contributed by atoms with Crippen LogP contribution in [0.4, 0.5) is 5.69 Å². The van der Waals surface area contributed by atoms with Crippen LogP contribution in [0.5, 0.6) is 0 Å². The van der Waals surface area contributed by atoms with E-state index in [0.29, 0.717) is 23.9 Å². The molecule has 0 aliphatic heterocycles. The Bertz CT molecular complexity index is 583. The second-order valence-corrected chi connectivity index (χ2v) is 4.73. The summed E-state index contributed by atoms with van der Waals surface area (Å²) in [5.41, 5.74) is 1.68. The highest BCUT2D eigenvalue weighted by atomic mass is 35.5. The minimum atomic E-state index is -0.186. The van der Waals surface area contributed by atoms with Gasteiger partial charge in [0.25, 0.3) is 5.91 Å². The molecule has 0 saturated heterocycles. The molecule has 0 fully saturated rings. The van der Waals surface area contributed by atoms with Crippen LogP contribution in [0.2, 0.25) is 5.02 Å². The predicted molar refractivity (Wildman–Crippen MR) is 78.1 cm³/mol. The fraction of sp³-hybridized carbons (Fsp3) is 0.286. The summed E-state index contributed by atoms with van der Waals surface area (Å²) >= 11 is 5.97. The van der Waals surface area contributed by atoms with Gasteiger partial charge in [-0.05, 0) is 25.5 Å². The average molecular weight is 294 g/mol. The van der Waals surface area contributed by atoms with E-state index in [0.717, 1.165) is 17.7 Å². The second kappa shape index (κ2) is 6.96. The number of carbonyl (C=O) groups excluding carboxylic acids is 1. The summed E-state index contributed by atoms with van der Waals surface area (Å²) in [5, 5.41) is 6.58. The molecular formula is C14H16ClN3O2. The van der Waals surface area contributed by atoms with Crippen LogP contribution in [0.3, 0.4) is 0 Å². The number of carbonyl (C=O) groups is 1. The van der Waals surface area contributed by atoms with Crippen molar-refractivity contribution in [3.05, 3.63) is 47.1 Å². The van der Waals surface area contributed by atoms with Gasteiger partial charge in [-0.1, -0.05) is 11.6 Å². The van der Waals surface area contributed by atoms with Gasteiger partial charge in [0, 0.05) is 31.0 Å². The lowest BCUT2D eigenvalue weighted by atomic mass is 10.2. The first-order valence-electron chi connectivity index (χ1n) is 6.34. The lowest BCUT2D eigenvalue weighted by Gasteiger charge is -2.08. The number of hydrogen-bond donors (Lipinski definition) is 2. The lowest BCUT2D eigenvalue weighted by Crippen LogP contribution is -2.26. The standard InChI is InChI=1S/C14H16ClN3O2/c1-10-4-8-20-13(10)14(19)18-6-2-5-17-12-3-7-16-9-11(12)15/h3-4,7-9H,2,5-6H2,1H3,(H,16,17)(H,18,19). The lowest BCUT2D eigenvalue weighted by molar-refractivity contribution is 0.0925. The molecule has 1 amide bonds. The molecule has 2 heterocycles. The van der Waals surface area contributed by atoms with Gasteiger partial charge in [0.2, 0.25) is 0 Å². The Kier molecular flexibility index (Phi) is 5.01. The van der Waals surface area contributed by atoms with Crippen molar-refractivity contribution in [1.82, 2.24) is 10.3 Å². The highest BCUT2D eigenvalue weighted by Crippen LogP contribution is 2.18. The van der Waals surface area contributed by atoms with Gasteiger partial charge in [-0.2, -0.15) is 0 Å². The predicted octanol–water partition coefficient (Wildman–Crippen LogP) is 2.87. The van der Waals surface area contributed by atoms with Crippen LogP contribution < -0.4 is 10.6 Å². The highest BCUT2D eigenvalue weighted by molar-refractivity contribution is 6.33. The number of rotatable bonds is 6. The molecule has 0 aliphatic rings. The molecule has 0 radical (unpaired) electrons. The number of hydrogen-bond acceptors (Lipinski definition) is 4. The average Bonchev–Trinajstić information content (AvgIpc) is 2.86. The Labute approximate surface area is 122 Å². The number of pyridine rings is 1. The topological polar surface area (TPSA) is 67.2 Å². The van der Waals surface area contributed by atoms with Gasteiger partial charge in [0.1, 0.15) is 0 Å². The molecule has 0 spiro atoms. The third-order valence-electron chi connectivity index (χ3n) is 2.80. The largest absolute Gasteiger partial charge is 0.459 e. The van der Waals surface area contributed by atoms with E-state index in [1.165, 1.54) is 6.26 Å². The fourth-order valence-electron chi connectivity index (χ4n) is 1.72. The molecule has 2 rings (SSSR count). The molecule has 2 N–H and O–H groups in total. The first-order chi connectivity index (χ1) is 9.68. The Morgan fingerprint density at radius 2 is 2.25 bits per heavy atom. The maximum absolute atomic E-state index is 11.8. The van der Waals surface area contributed by atoms with Gasteiger partial charge in [-0.3, -0.25) is 9.78 Å². The van der Waals surface area contributed by atoms with E-state index in [2.05, 4.69) is 15.6 Å². The normalized spacial score (nSPS) is 10.3. The van der Waals surface area contributed by atoms with Crippen LogP contribution in [-0.4, -0.2) is 24.0 Å². The summed E-state index contributed by atoms with van der Waals surface area (Å²) in [6.45, 7) is 3.11. The first-order valence-corrected chi connectivity index (χ1v) is 6.72. The Hall–Kier alpha value is -2.01. The number of furan rings is 1. The van der Waals surface area contributed by atoms with Gasteiger partial charge in [-0.15, -0.1) is 0 Å². The van der Waals surface area contributed by atoms with Gasteiger partial charge in [0.15, 0.2) is 5.76 Å². The number of nitrogens with one attached hydrogen (secondary N) is 2. The van der Waals surface area contributed by atoms with Gasteiger partial charge in [-0.25, -0.2) is 0 Å². The van der Waals surface area contributed by atoms with Crippen LogP contribution in [0.15, 0.2) is 35.2 Å². The van der Waals surface area contributed by atoms with E-state index < -0.39 is 0 Å². The number of halogens is 1. The molecule has 0 aliphatic carbocycles. The molecule has 0 aromatic carbocycles. The third-order valence-corrected chi connectivity index (χ3v) is 3.10. The smallest absolute Gasteiger partial charge is 0.287 e. The molecule has 20 heavy (non-hydrogen) atoms. The summed E-state index contributed by atoms with van der Waals surface area (Å²) < 4.78 is 5.12. The molecule has 2 aromatic heterocycles. The number of aromatic nitrogens is 1. The molecule has 5 nitrogen and oxygen atoms in total. The number of nitrogens with zero attached hydrogens (tertiary/aromatic N) is 1. The molecule has 0 saturated carbocycles. The van der Waals surface area contributed by atoms with Gasteiger partial charge in [0.05, 0.1) is 17.0 Å². The van der Waals surface area contributed by atoms with Crippen molar-refractivity contribution in [2.24, 2.45) is 0 Å². The Morgan fingerprint density at radius 1 is 1.40 bits per heavy atom. The van der Waals surface area contributed by atoms with E-state index in [4.69, 9.17) is 16.0 Å². The minimum Gasteiger partial charge on any atom is -0.459 e. The number of aryl methyl sites for hydroxylation is 1. The monoisotopic (exact) mass is 293 g/mol. The maximum atomic E-state index is 11.8. The summed E-state index contributed by atoms with van der Waals surface area (Å²) in [7, 11) is 0. The molecule has 2 aromatic rings. The zero-order valence-electron chi connectivity index (χ0n) is 11.1. The van der Waals surface area contributed by atoms with Crippen molar-refractivity contribution < 1.29 is 9.21 Å². The van der Waals surface area contributed by atoms with Crippen LogP contribution in [-0.2, 0) is 0 Å². The third kappa shape index (κ3) is 3.74. The van der Waals surface area contributed by atoms with Crippen molar-refractivity contribution in [3.63, 3.8) is 0 Å². The van der Waals surface area contributed by atoms with Crippen molar-refractivity contribution in [1.29, 1.82) is 0 Å². The van der Waals surface area contributed by atoms with Crippen molar-refractivity contribution >= 4 is 23.2 Å². The quantitative estimate of drug-likeness (QED) is 0.804. The minimum absolute atomic E-state index is 0.186. The van der Waals surface area contributed by atoms with Crippen LogP contribution in [0, 0.1) is 6.92 Å². The van der Waals surface area contributed by atoms with E-state index >= 15 is 0 Å². The van der Waals surface area contributed by atoms with Crippen molar-refractivity contribution in [3.8, 4) is 0 Å². The van der Waals surface area contributed by atoms with Crippen molar-refractivity contribution in [2.45, 2.75) is 13.3 Å². The van der Waals surface area contributed by atoms with Crippen LogP contribution in [0.25, 0.3) is 0 Å². The summed E-state index contributed by atoms with van der Waals surface area (Å²) in [4.78, 5) is 15.7. The molecule has 0 atom stereocenters. The van der Waals surface area contributed by atoms with Crippen molar-refractivity contribution in [2.75, 3.05) is 18.4 Å².